The number of H-pyrrole nitrogens is 1. The van der Waals surface area contributed by atoms with E-state index in [4.69, 9.17) is 0 Å². The Morgan fingerprint density at radius 2 is 1.83 bits per heavy atom. The highest BCUT2D eigenvalue weighted by atomic mass is 16.8. The molecule has 6 rings (SSSR count). The number of quaternary nitrogens is 1. The Hall–Kier alpha value is -3.00. The molecule has 3 N–H and O–H groups in total. The number of anilines is 1. The summed E-state index contributed by atoms with van der Waals surface area (Å²) in [6, 6.07) is 14.3. The predicted molar refractivity (Wildman–Crippen MR) is 132 cm³/mol. The number of aromatic amines is 1. The number of hydrogen-bond acceptors (Lipinski definition) is 4. The molecule has 0 bridgehead atoms. The first kappa shape index (κ1) is 22.5. The summed E-state index contributed by atoms with van der Waals surface area (Å²) in [5, 5.41) is 21.1. The van der Waals surface area contributed by atoms with Gasteiger partial charge in [-0.25, -0.2) is 10.1 Å². The number of fused-ring (bicyclic) bond motifs is 8. The van der Waals surface area contributed by atoms with Crippen LogP contribution in [0.1, 0.15) is 63.1 Å². The summed E-state index contributed by atoms with van der Waals surface area (Å²) < 4.78 is 0. The van der Waals surface area contributed by atoms with Crippen molar-refractivity contribution in [2.24, 2.45) is 23.2 Å². The van der Waals surface area contributed by atoms with Gasteiger partial charge in [0.25, 0.3) is 0 Å². The lowest BCUT2D eigenvalue weighted by Gasteiger charge is -2.47. The van der Waals surface area contributed by atoms with E-state index in [1.807, 2.05) is 18.2 Å². The quantitative estimate of drug-likeness (QED) is 0.379. The summed E-state index contributed by atoms with van der Waals surface area (Å²) >= 11 is 0. The van der Waals surface area contributed by atoms with Gasteiger partial charge in [0.1, 0.15) is 0 Å². The van der Waals surface area contributed by atoms with Crippen molar-refractivity contribution in [2.45, 2.75) is 51.9 Å². The van der Waals surface area contributed by atoms with E-state index in [9.17, 15) is 20.0 Å². The molecule has 1 aliphatic heterocycles. The molecule has 6 unspecified atom stereocenters. The number of carbonyl (C=O) groups excluding carboxylic acids is 2. The number of imide groups is 1. The minimum Gasteiger partial charge on any atom is -0.595 e. The summed E-state index contributed by atoms with van der Waals surface area (Å²) in [5.41, 5.74) is 3.62. The Morgan fingerprint density at radius 3 is 2.57 bits per heavy atom. The monoisotopic (exact) mass is 473 g/mol. The third kappa shape index (κ3) is 3.29. The van der Waals surface area contributed by atoms with E-state index in [2.05, 4.69) is 31.8 Å². The third-order valence-corrected chi connectivity index (χ3v) is 8.75. The summed E-state index contributed by atoms with van der Waals surface area (Å²) in [6.45, 7) is 6.79. The van der Waals surface area contributed by atoms with Crippen molar-refractivity contribution in [3.05, 3.63) is 65.0 Å². The summed E-state index contributed by atoms with van der Waals surface area (Å²) in [5.74, 6) is -0.687. The fourth-order valence-electron chi connectivity index (χ4n) is 7.04. The van der Waals surface area contributed by atoms with Gasteiger partial charge in [0.2, 0.25) is 11.8 Å². The molecule has 2 heterocycles. The zero-order chi connectivity index (χ0) is 24.6. The highest BCUT2D eigenvalue weighted by Gasteiger charge is 2.59. The van der Waals surface area contributed by atoms with Gasteiger partial charge in [-0.1, -0.05) is 45.0 Å². The Kier molecular flexibility index (Phi) is 4.97. The molecule has 0 spiro atoms. The molecule has 2 amide bonds. The minimum atomic E-state index is -1.08. The van der Waals surface area contributed by atoms with Crippen LogP contribution in [0.3, 0.4) is 0 Å². The Bertz CT molecular complexity index is 1340. The average Bonchev–Trinajstić information content (AvgIpc) is 3.33. The number of hydrogen-bond donors (Lipinski definition) is 3. The maximum atomic E-state index is 14.0. The fraction of sp³-hybridized carbons (Fsp3) is 0.429. The van der Waals surface area contributed by atoms with E-state index < -0.39 is 17.1 Å². The summed E-state index contributed by atoms with van der Waals surface area (Å²) in [4.78, 5) is 32.7. The number of para-hydroxylation sites is 1. The number of aromatic nitrogens is 1. The minimum absolute atomic E-state index is 0.0626. The molecule has 35 heavy (non-hydrogen) atoms. The van der Waals surface area contributed by atoms with Crippen molar-refractivity contribution < 1.29 is 20.0 Å². The normalized spacial score (nSPS) is 29.2. The van der Waals surface area contributed by atoms with Gasteiger partial charge in [0.15, 0.2) is 5.69 Å². The van der Waals surface area contributed by atoms with Crippen LogP contribution in [0.4, 0.5) is 11.4 Å². The van der Waals surface area contributed by atoms with E-state index in [0.717, 1.165) is 35.9 Å². The maximum Gasteiger partial charge on any atom is 0.243 e. The van der Waals surface area contributed by atoms with E-state index in [-0.39, 0.29) is 34.8 Å². The van der Waals surface area contributed by atoms with Crippen LogP contribution < -0.4 is 10.1 Å². The van der Waals surface area contributed by atoms with Crippen LogP contribution in [-0.4, -0.2) is 22.0 Å². The first-order chi connectivity index (χ1) is 16.7. The second kappa shape index (κ2) is 7.75. The van der Waals surface area contributed by atoms with Crippen LogP contribution >= 0.6 is 0 Å². The number of amides is 2. The van der Waals surface area contributed by atoms with Crippen molar-refractivity contribution in [3.8, 4) is 0 Å². The molecule has 2 aromatic carbocycles. The van der Waals surface area contributed by atoms with Gasteiger partial charge in [-0.05, 0) is 60.1 Å². The topological polar surface area (TPSA) is 101 Å². The van der Waals surface area contributed by atoms with Crippen molar-refractivity contribution in [1.82, 2.24) is 4.98 Å². The molecule has 6 atom stereocenters. The van der Waals surface area contributed by atoms with Gasteiger partial charge in [-0.3, -0.25) is 9.59 Å². The molecule has 3 aliphatic rings. The molecule has 7 nitrogen and oxygen atoms in total. The largest absolute Gasteiger partial charge is 0.595 e. The third-order valence-electron chi connectivity index (χ3n) is 8.75. The molecule has 2 aliphatic carbocycles. The Balaban J connectivity index is 1.51. The smallest absolute Gasteiger partial charge is 0.243 e. The van der Waals surface area contributed by atoms with Gasteiger partial charge in [-0.15, -0.1) is 0 Å². The molecule has 1 saturated heterocycles. The fourth-order valence-corrected chi connectivity index (χ4v) is 7.04. The van der Waals surface area contributed by atoms with Crippen molar-refractivity contribution in [2.75, 3.05) is 4.90 Å². The zero-order valence-electron chi connectivity index (χ0n) is 20.2. The van der Waals surface area contributed by atoms with Gasteiger partial charge in [0.05, 0.1) is 17.5 Å². The standard InChI is InChI=1S/C28H31N3O4/c1-28(2,3)15-11-12-18-20(13-15)23-24(25-22(18)19-9-4-5-10-21(19)29-25)27(33)30(26(23)32)16-7-6-8-17(14-16)31(34)35/h4-10,14-15,18,20,23-24,29,31,34H,11-13H2,1-3H3. The number of rotatable bonds is 2. The highest BCUT2D eigenvalue weighted by molar-refractivity contribution is 6.24. The number of benzene rings is 2. The van der Waals surface area contributed by atoms with Crippen molar-refractivity contribution in [3.63, 3.8) is 0 Å². The molecular formula is C28H31N3O4. The Morgan fingerprint density at radius 1 is 1.06 bits per heavy atom. The van der Waals surface area contributed by atoms with Crippen molar-refractivity contribution >= 4 is 34.1 Å². The van der Waals surface area contributed by atoms with Crippen LogP contribution in [0.15, 0.2) is 48.5 Å². The van der Waals surface area contributed by atoms with E-state index in [1.165, 1.54) is 22.6 Å². The van der Waals surface area contributed by atoms with E-state index in [0.29, 0.717) is 11.6 Å². The summed E-state index contributed by atoms with van der Waals surface area (Å²) in [6.07, 6.45) is 3.02. The number of nitrogens with one attached hydrogen (secondary N) is 2. The van der Waals surface area contributed by atoms with Crippen molar-refractivity contribution in [1.29, 1.82) is 0 Å². The Labute approximate surface area is 204 Å². The van der Waals surface area contributed by atoms with Gasteiger partial charge in [0, 0.05) is 28.7 Å². The first-order valence-electron chi connectivity index (χ1n) is 12.5. The van der Waals surface area contributed by atoms with E-state index >= 15 is 0 Å². The molecular weight excluding hydrogens is 442 g/mol. The maximum absolute atomic E-state index is 14.0. The van der Waals surface area contributed by atoms with Crippen LogP contribution in [0, 0.1) is 28.4 Å². The predicted octanol–water partition coefficient (Wildman–Crippen LogP) is 4.40. The molecule has 7 heteroatoms. The molecule has 2 fully saturated rings. The lowest BCUT2D eigenvalue weighted by atomic mass is 9.56. The highest BCUT2D eigenvalue weighted by Crippen LogP contribution is 2.60. The average molecular weight is 474 g/mol. The lowest BCUT2D eigenvalue weighted by molar-refractivity contribution is -0.991. The molecule has 1 saturated carbocycles. The number of nitrogens with zero attached hydrogens (tertiary/aromatic N) is 1. The molecule has 182 valence electrons. The molecule has 0 radical (unpaired) electrons. The van der Waals surface area contributed by atoms with Gasteiger partial charge in [-0.2, -0.15) is 5.23 Å². The second-order valence-electron chi connectivity index (χ2n) is 11.5. The number of carbonyl (C=O) groups is 2. The first-order valence-corrected chi connectivity index (χ1v) is 12.5. The van der Waals surface area contributed by atoms with Gasteiger partial charge < -0.3 is 10.2 Å². The van der Waals surface area contributed by atoms with Crippen LogP contribution in [0.25, 0.3) is 10.9 Å². The van der Waals surface area contributed by atoms with Crippen LogP contribution in [0.5, 0.6) is 0 Å². The van der Waals surface area contributed by atoms with E-state index in [1.54, 1.807) is 12.1 Å². The second-order valence-corrected chi connectivity index (χ2v) is 11.5. The molecule has 3 aromatic rings. The summed E-state index contributed by atoms with van der Waals surface area (Å²) in [7, 11) is 0. The lowest BCUT2D eigenvalue weighted by Crippen LogP contribution is -2.99. The van der Waals surface area contributed by atoms with Crippen LogP contribution in [-0.2, 0) is 9.59 Å². The SMILES string of the molecule is CC(C)(C)C1CCC2c3c([nH]c4ccccc34)C3C(=O)N(c4cccc([NH+]([O-])O)c4)C(=O)C3C2C1. The van der Waals surface area contributed by atoms with Gasteiger partial charge >= 0.3 is 0 Å². The molecule has 1 aromatic heterocycles. The zero-order valence-corrected chi connectivity index (χ0v) is 20.2. The van der Waals surface area contributed by atoms with Crippen LogP contribution in [0.2, 0.25) is 0 Å².